The standard InChI is InChI=1S/C16H20O6/c1-19-15(20-2)11-7-5-10(14(15)18)9-6-8-12(17)16(21-3,22-4)13(9)11/h5-11,13H,1-4H3/t9-,10+,11-,13-/m0/s1. The molecule has 120 valence electrons. The van der Waals surface area contributed by atoms with Gasteiger partial charge in [0.05, 0.1) is 0 Å². The predicted molar refractivity (Wildman–Crippen MR) is 75.8 cm³/mol. The second-order valence-electron chi connectivity index (χ2n) is 5.78. The summed E-state index contributed by atoms with van der Waals surface area (Å²) in [6.45, 7) is 0. The highest BCUT2D eigenvalue weighted by atomic mass is 16.7. The van der Waals surface area contributed by atoms with E-state index in [1.54, 1.807) is 6.08 Å². The molecule has 0 aromatic rings. The molecule has 22 heavy (non-hydrogen) atoms. The van der Waals surface area contributed by atoms with Crippen LogP contribution in [0.5, 0.6) is 0 Å². The van der Waals surface area contributed by atoms with Crippen molar-refractivity contribution in [2.75, 3.05) is 28.4 Å². The van der Waals surface area contributed by atoms with Gasteiger partial charge in [0.1, 0.15) is 0 Å². The van der Waals surface area contributed by atoms with E-state index in [0.717, 1.165) is 0 Å². The molecule has 0 N–H and O–H groups in total. The Balaban J connectivity index is 2.19. The van der Waals surface area contributed by atoms with Crippen molar-refractivity contribution < 1.29 is 28.5 Å². The highest BCUT2D eigenvalue weighted by molar-refractivity contribution is 6.00. The first-order valence-electron chi connectivity index (χ1n) is 7.18. The van der Waals surface area contributed by atoms with E-state index in [1.165, 1.54) is 34.5 Å². The Kier molecular flexibility index (Phi) is 3.60. The molecule has 4 rings (SSSR count). The zero-order valence-electron chi connectivity index (χ0n) is 13.1. The van der Waals surface area contributed by atoms with E-state index in [2.05, 4.69) is 0 Å². The SMILES string of the molecule is COC1(OC)C(=O)C=C[C@@H]2[C@H]1[C@@H]1C=C[C@H]2C(=O)C1(OC)OC. The van der Waals surface area contributed by atoms with E-state index < -0.39 is 29.3 Å². The Hall–Kier alpha value is -1.34. The minimum Gasteiger partial charge on any atom is -0.347 e. The largest absolute Gasteiger partial charge is 0.347 e. The molecule has 0 spiro atoms. The van der Waals surface area contributed by atoms with Crippen LogP contribution in [-0.4, -0.2) is 51.6 Å². The first-order valence-corrected chi connectivity index (χ1v) is 7.18. The smallest absolute Gasteiger partial charge is 0.236 e. The van der Waals surface area contributed by atoms with Gasteiger partial charge in [-0.05, 0) is 12.0 Å². The van der Waals surface area contributed by atoms with Gasteiger partial charge in [-0.25, -0.2) is 0 Å². The molecule has 0 radical (unpaired) electrons. The maximum Gasteiger partial charge on any atom is 0.236 e. The summed E-state index contributed by atoms with van der Waals surface area (Å²) < 4.78 is 21.9. The summed E-state index contributed by atoms with van der Waals surface area (Å²) in [5.41, 5.74) is 0. The molecular formula is C16H20O6. The first kappa shape index (κ1) is 15.6. The third-order valence-corrected chi connectivity index (χ3v) is 5.29. The molecule has 0 saturated heterocycles. The van der Waals surface area contributed by atoms with Crippen molar-refractivity contribution in [1.29, 1.82) is 0 Å². The van der Waals surface area contributed by atoms with Crippen molar-refractivity contribution in [2.45, 2.75) is 11.6 Å². The van der Waals surface area contributed by atoms with Crippen molar-refractivity contribution >= 4 is 11.6 Å². The fourth-order valence-corrected chi connectivity index (χ4v) is 4.29. The molecule has 1 saturated carbocycles. The van der Waals surface area contributed by atoms with Crippen LogP contribution in [0.2, 0.25) is 0 Å². The van der Waals surface area contributed by atoms with Crippen molar-refractivity contribution in [3.05, 3.63) is 24.3 Å². The van der Waals surface area contributed by atoms with Gasteiger partial charge in [-0.15, -0.1) is 0 Å². The number of rotatable bonds is 4. The van der Waals surface area contributed by atoms with Crippen LogP contribution in [-0.2, 0) is 28.5 Å². The minimum atomic E-state index is -1.43. The lowest BCUT2D eigenvalue weighted by Crippen LogP contribution is -2.69. The molecule has 6 nitrogen and oxygen atoms in total. The molecule has 0 amide bonds. The molecule has 0 unspecified atom stereocenters. The Morgan fingerprint density at radius 3 is 2.00 bits per heavy atom. The molecule has 4 atom stereocenters. The summed E-state index contributed by atoms with van der Waals surface area (Å²) >= 11 is 0. The molecule has 4 aliphatic carbocycles. The van der Waals surface area contributed by atoms with Crippen LogP contribution in [0, 0.1) is 23.7 Å². The summed E-state index contributed by atoms with van der Waals surface area (Å²) in [5, 5.41) is 0. The molecule has 1 fully saturated rings. The lowest BCUT2D eigenvalue weighted by Gasteiger charge is -2.56. The van der Waals surface area contributed by atoms with Crippen molar-refractivity contribution in [1.82, 2.24) is 0 Å². The molecule has 0 aliphatic heterocycles. The van der Waals surface area contributed by atoms with Crippen LogP contribution in [0.25, 0.3) is 0 Å². The van der Waals surface area contributed by atoms with Gasteiger partial charge in [0.25, 0.3) is 0 Å². The Morgan fingerprint density at radius 1 is 0.864 bits per heavy atom. The summed E-state index contributed by atoms with van der Waals surface area (Å²) in [5.74, 6) is -4.72. The number of fused-ring (bicyclic) bond motifs is 1. The first-order chi connectivity index (χ1) is 10.5. The number of methoxy groups -OCH3 is 4. The van der Waals surface area contributed by atoms with Gasteiger partial charge >= 0.3 is 0 Å². The van der Waals surface area contributed by atoms with E-state index in [9.17, 15) is 9.59 Å². The van der Waals surface area contributed by atoms with Crippen LogP contribution in [0.15, 0.2) is 24.3 Å². The van der Waals surface area contributed by atoms with Crippen LogP contribution in [0.3, 0.4) is 0 Å². The zero-order chi connectivity index (χ0) is 16.1. The number of ether oxygens (including phenoxy) is 4. The Morgan fingerprint density at radius 2 is 1.45 bits per heavy atom. The van der Waals surface area contributed by atoms with Crippen LogP contribution < -0.4 is 0 Å². The van der Waals surface area contributed by atoms with E-state index in [0.29, 0.717) is 0 Å². The number of hydrogen-bond donors (Lipinski definition) is 0. The van der Waals surface area contributed by atoms with E-state index in [1.807, 2.05) is 12.2 Å². The third kappa shape index (κ3) is 1.58. The van der Waals surface area contributed by atoms with Crippen LogP contribution in [0.1, 0.15) is 0 Å². The molecule has 0 heterocycles. The number of allylic oxidation sites excluding steroid dienone is 2. The average molecular weight is 308 g/mol. The minimum absolute atomic E-state index is 0.133. The summed E-state index contributed by atoms with van der Waals surface area (Å²) in [6.07, 6.45) is 6.95. The van der Waals surface area contributed by atoms with Gasteiger partial charge in [0, 0.05) is 46.2 Å². The molecule has 0 aromatic carbocycles. The maximum atomic E-state index is 12.8. The van der Waals surface area contributed by atoms with Gasteiger partial charge in [-0.1, -0.05) is 18.2 Å². The molecular weight excluding hydrogens is 288 g/mol. The van der Waals surface area contributed by atoms with E-state index in [-0.39, 0.29) is 17.5 Å². The summed E-state index contributed by atoms with van der Waals surface area (Å²) in [7, 11) is 5.75. The lowest BCUT2D eigenvalue weighted by molar-refractivity contribution is -0.295. The normalized spacial score (nSPS) is 37.5. The zero-order valence-corrected chi connectivity index (χ0v) is 13.1. The lowest BCUT2D eigenvalue weighted by atomic mass is 9.54. The third-order valence-electron chi connectivity index (χ3n) is 5.29. The molecule has 6 heteroatoms. The van der Waals surface area contributed by atoms with Gasteiger partial charge in [0.15, 0.2) is 5.78 Å². The highest BCUT2D eigenvalue weighted by Crippen LogP contribution is 2.56. The fourth-order valence-electron chi connectivity index (χ4n) is 4.29. The van der Waals surface area contributed by atoms with Gasteiger partial charge < -0.3 is 18.9 Å². The molecule has 0 aromatic heterocycles. The number of Topliss-reactive ketones (excluding diaryl/α,β-unsaturated/α-hetero) is 1. The van der Waals surface area contributed by atoms with Gasteiger partial charge in [-0.2, -0.15) is 0 Å². The van der Waals surface area contributed by atoms with Crippen molar-refractivity contribution in [3.63, 3.8) is 0 Å². The Labute approximate surface area is 129 Å². The second kappa shape index (κ2) is 5.09. The monoisotopic (exact) mass is 308 g/mol. The number of carbonyl (C=O) groups excluding carboxylic acids is 2. The number of carbonyl (C=O) groups is 2. The van der Waals surface area contributed by atoms with Gasteiger partial charge in [0.2, 0.25) is 17.4 Å². The predicted octanol–water partition coefficient (Wildman–Crippen LogP) is 0.721. The van der Waals surface area contributed by atoms with Crippen LogP contribution >= 0.6 is 0 Å². The fraction of sp³-hybridized carbons (Fsp3) is 0.625. The topological polar surface area (TPSA) is 71.1 Å². The van der Waals surface area contributed by atoms with E-state index in [4.69, 9.17) is 18.9 Å². The average Bonchev–Trinajstić information content (AvgIpc) is 2.56. The number of ketones is 2. The van der Waals surface area contributed by atoms with Crippen LogP contribution in [0.4, 0.5) is 0 Å². The van der Waals surface area contributed by atoms with E-state index >= 15 is 0 Å². The van der Waals surface area contributed by atoms with Gasteiger partial charge in [-0.3, -0.25) is 9.59 Å². The summed E-state index contributed by atoms with van der Waals surface area (Å²) in [6, 6.07) is 0. The second-order valence-corrected chi connectivity index (χ2v) is 5.78. The maximum absolute atomic E-state index is 12.8. The van der Waals surface area contributed by atoms with Crippen molar-refractivity contribution in [2.24, 2.45) is 23.7 Å². The molecule has 4 aliphatic rings. The Bertz CT molecular complexity index is 555. The highest BCUT2D eigenvalue weighted by Gasteiger charge is 2.68. The molecule has 2 bridgehead atoms. The summed E-state index contributed by atoms with van der Waals surface area (Å²) in [4.78, 5) is 25.2. The number of hydrogen-bond acceptors (Lipinski definition) is 6. The van der Waals surface area contributed by atoms with Crippen molar-refractivity contribution in [3.8, 4) is 0 Å². The quantitative estimate of drug-likeness (QED) is 0.563.